The number of cyclic esters (lactones) is 1. The van der Waals surface area contributed by atoms with E-state index in [1.807, 2.05) is 0 Å². The minimum atomic E-state index is -5.08. The average Bonchev–Trinajstić information content (AvgIpc) is 3.08. The normalized spacial score (nSPS) is 17.0. The molecule has 184 valence electrons. The van der Waals surface area contributed by atoms with E-state index in [0.717, 1.165) is 0 Å². The molecule has 0 aromatic heterocycles. The van der Waals surface area contributed by atoms with E-state index in [1.165, 1.54) is 36.4 Å². The molecule has 2 unspecified atom stereocenters. The van der Waals surface area contributed by atoms with Gasteiger partial charge in [-0.1, -0.05) is 12.1 Å². The van der Waals surface area contributed by atoms with Crippen molar-refractivity contribution in [1.29, 1.82) is 0 Å². The van der Waals surface area contributed by atoms with E-state index in [0.29, 0.717) is 11.1 Å². The molecule has 14 heteroatoms. The molecular weight excluding hydrogens is 613 g/mol. The summed E-state index contributed by atoms with van der Waals surface area (Å²) in [6.07, 6.45) is -3.23. The Labute approximate surface area is 208 Å². The molecular formula is C20H17Br2F2O9P. The van der Waals surface area contributed by atoms with Gasteiger partial charge in [0.1, 0.15) is 31.0 Å². The van der Waals surface area contributed by atoms with Crippen LogP contribution in [0.15, 0.2) is 56.9 Å². The summed E-state index contributed by atoms with van der Waals surface area (Å²) >= 11 is 6.09. The van der Waals surface area contributed by atoms with Crippen LogP contribution in [0.3, 0.4) is 0 Å². The minimum Gasteiger partial charge on any atom is -0.485 e. The third kappa shape index (κ3) is 6.85. The highest BCUT2D eigenvalue weighted by Crippen LogP contribution is 2.41. The van der Waals surface area contributed by atoms with E-state index < -0.39 is 50.0 Å². The van der Waals surface area contributed by atoms with Crippen molar-refractivity contribution in [2.75, 3.05) is 6.61 Å². The molecule has 34 heavy (non-hydrogen) atoms. The zero-order chi connectivity index (χ0) is 25.0. The first kappa shape index (κ1) is 26.7. The van der Waals surface area contributed by atoms with Gasteiger partial charge < -0.3 is 29.1 Å². The molecule has 2 atom stereocenters. The molecule has 9 nitrogen and oxygen atoms in total. The quantitative estimate of drug-likeness (QED) is 0.265. The van der Waals surface area contributed by atoms with Crippen LogP contribution in [0.2, 0.25) is 0 Å². The van der Waals surface area contributed by atoms with Gasteiger partial charge >= 0.3 is 13.8 Å². The molecule has 0 fully saturated rings. The summed E-state index contributed by atoms with van der Waals surface area (Å²) in [6.45, 7) is -1.37. The number of aliphatic hydroxyl groups is 1. The number of halogens is 4. The van der Waals surface area contributed by atoms with Crippen molar-refractivity contribution in [3.63, 3.8) is 0 Å². The third-order valence-electron chi connectivity index (χ3n) is 4.44. The second-order valence-electron chi connectivity index (χ2n) is 6.91. The Morgan fingerprint density at radius 3 is 2.00 bits per heavy atom. The van der Waals surface area contributed by atoms with Gasteiger partial charge in [-0.05, 0) is 67.3 Å². The van der Waals surface area contributed by atoms with E-state index in [-0.39, 0.29) is 27.9 Å². The van der Waals surface area contributed by atoms with E-state index >= 15 is 0 Å². The van der Waals surface area contributed by atoms with Crippen LogP contribution >= 0.6 is 39.7 Å². The Morgan fingerprint density at radius 2 is 1.53 bits per heavy atom. The van der Waals surface area contributed by atoms with Crippen LogP contribution in [0, 0.1) is 11.6 Å². The zero-order valence-electron chi connectivity index (χ0n) is 17.0. The number of phosphoric ester groups is 1. The monoisotopic (exact) mass is 628 g/mol. The van der Waals surface area contributed by atoms with Gasteiger partial charge in [-0.15, -0.1) is 0 Å². The maximum atomic E-state index is 13.5. The molecule has 0 radical (unpaired) electrons. The number of carbonyl (C=O) groups is 1. The Bertz CT molecular complexity index is 1150. The molecule has 0 amide bonds. The second kappa shape index (κ2) is 11.3. The summed E-state index contributed by atoms with van der Waals surface area (Å²) < 4.78 is 59.5. The number of phosphoric acid groups is 1. The summed E-state index contributed by atoms with van der Waals surface area (Å²) in [5.74, 6) is -2.77. The predicted octanol–water partition coefficient (Wildman–Crippen LogP) is 3.83. The van der Waals surface area contributed by atoms with Crippen molar-refractivity contribution >= 4 is 45.7 Å². The number of aliphatic hydroxyl groups excluding tert-OH is 1. The third-order valence-corrected chi connectivity index (χ3v) is 6.20. The molecule has 3 rings (SSSR count). The van der Waals surface area contributed by atoms with Crippen LogP contribution in [-0.4, -0.2) is 39.7 Å². The van der Waals surface area contributed by atoms with Crippen LogP contribution in [0.4, 0.5) is 8.78 Å². The van der Waals surface area contributed by atoms with E-state index in [4.69, 9.17) is 24.0 Å². The molecule has 0 saturated heterocycles. The van der Waals surface area contributed by atoms with E-state index in [9.17, 15) is 23.2 Å². The molecule has 0 aliphatic carbocycles. The molecule has 2 aromatic rings. The predicted molar refractivity (Wildman–Crippen MR) is 119 cm³/mol. The lowest BCUT2D eigenvalue weighted by molar-refractivity contribution is -0.148. The molecule has 2 aromatic carbocycles. The van der Waals surface area contributed by atoms with Crippen molar-refractivity contribution in [3.8, 4) is 0 Å². The summed E-state index contributed by atoms with van der Waals surface area (Å²) in [5.41, 5.74) is 0.946. The Morgan fingerprint density at radius 1 is 1.00 bits per heavy atom. The maximum Gasteiger partial charge on any atom is 0.470 e. The van der Waals surface area contributed by atoms with Gasteiger partial charge in [-0.25, -0.2) is 18.1 Å². The fourth-order valence-electron chi connectivity index (χ4n) is 2.91. The first-order chi connectivity index (χ1) is 16.0. The average molecular weight is 630 g/mol. The fraction of sp³-hybridized carbons (Fsp3) is 0.250. The largest absolute Gasteiger partial charge is 0.485 e. The van der Waals surface area contributed by atoms with Crippen molar-refractivity contribution in [2.24, 2.45) is 0 Å². The summed E-state index contributed by atoms with van der Waals surface area (Å²) in [7, 11) is -5.08. The number of esters is 1. The van der Waals surface area contributed by atoms with Crippen LogP contribution in [-0.2, 0) is 41.3 Å². The van der Waals surface area contributed by atoms with Crippen molar-refractivity contribution in [1.82, 2.24) is 0 Å². The summed E-state index contributed by atoms with van der Waals surface area (Å²) in [5, 5.41) is 9.59. The van der Waals surface area contributed by atoms with Gasteiger partial charge in [0, 0.05) is 0 Å². The number of ether oxygens (including phenoxy) is 3. The van der Waals surface area contributed by atoms with Gasteiger partial charge in [0.2, 0.25) is 5.76 Å². The molecule has 0 spiro atoms. The van der Waals surface area contributed by atoms with Gasteiger partial charge in [-0.2, -0.15) is 0 Å². The molecule has 1 aliphatic heterocycles. The second-order valence-corrected chi connectivity index (χ2v) is 9.81. The maximum absolute atomic E-state index is 13.5. The number of hydrogen-bond donors (Lipinski definition) is 3. The lowest BCUT2D eigenvalue weighted by Crippen LogP contribution is -2.34. The highest BCUT2D eigenvalue weighted by molar-refractivity contribution is 9.10. The van der Waals surface area contributed by atoms with Gasteiger partial charge in [0.25, 0.3) is 0 Å². The number of benzene rings is 2. The lowest BCUT2D eigenvalue weighted by atomic mass is 10.1. The summed E-state index contributed by atoms with van der Waals surface area (Å²) in [6, 6.07) is 8.06. The Kier molecular flexibility index (Phi) is 8.85. The van der Waals surface area contributed by atoms with Crippen molar-refractivity contribution in [2.45, 2.75) is 25.4 Å². The van der Waals surface area contributed by atoms with Crippen LogP contribution in [0.25, 0.3) is 0 Å². The van der Waals surface area contributed by atoms with Crippen LogP contribution < -0.4 is 0 Å². The minimum absolute atomic E-state index is 0.161. The van der Waals surface area contributed by atoms with Crippen LogP contribution in [0.1, 0.15) is 11.1 Å². The highest BCUT2D eigenvalue weighted by atomic mass is 79.9. The molecule has 3 N–H and O–H groups in total. The van der Waals surface area contributed by atoms with Gasteiger partial charge in [-0.3, -0.25) is 4.52 Å². The highest BCUT2D eigenvalue weighted by Gasteiger charge is 2.45. The Balaban J connectivity index is 1.89. The van der Waals surface area contributed by atoms with Gasteiger partial charge in [0.05, 0.1) is 15.6 Å². The van der Waals surface area contributed by atoms with Crippen LogP contribution in [0.5, 0.6) is 0 Å². The number of carbonyl (C=O) groups excluding carboxylic acids is 1. The Hall–Kier alpha value is -1.86. The van der Waals surface area contributed by atoms with Gasteiger partial charge in [0.15, 0.2) is 11.9 Å². The fourth-order valence-corrected chi connectivity index (χ4v) is 4.29. The standard InChI is InChI=1S/C20H17Br2F2O9P/c21-12-5-10(1-3-14(12)23)8-30-18-17(16(7-25)33-34(27,28)29)32-20(26)19(18)31-9-11-2-4-15(24)13(22)6-11/h1-6,16-17,25H,7-9H2,(H2,27,28,29). The molecule has 1 aliphatic rings. The zero-order valence-corrected chi connectivity index (χ0v) is 21.1. The smallest absolute Gasteiger partial charge is 0.470 e. The summed E-state index contributed by atoms with van der Waals surface area (Å²) in [4.78, 5) is 30.8. The number of rotatable bonds is 10. The number of hydrogen-bond acceptors (Lipinski definition) is 7. The lowest BCUT2D eigenvalue weighted by Gasteiger charge is -2.23. The van der Waals surface area contributed by atoms with E-state index in [2.05, 4.69) is 36.4 Å². The topological polar surface area (TPSA) is 132 Å². The molecule has 1 heterocycles. The first-order valence-electron chi connectivity index (χ1n) is 9.42. The van der Waals surface area contributed by atoms with Crippen molar-refractivity contribution < 1.29 is 51.8 Å². The molecule has 0 saturated carbocycles. The molecule has 0 bridgehead atoms. The van der Waals surface area contributed by atoms with Crippen molar-refractivity contribution in [3.05, 3.63) is 79.6 Å². The SMILES string of the molecule is O=C1OC(C(CO)OP(=O)(O)O)C(OCc2ccc(F)c(Br)c2)=C1OCc1ccc(F)c(Br)c1. The first-order valence-corrected chi connectivity index (χ1v) is 12.5. The van der Waals surface area contributed by atoms with E-state index in [1.54, 1.807) is 0 Å².